The Bertz CT molecular complexity index is 387. The number of amides is 1. The van der Waals surface area contributed by atoms with Crippen LogP contribution in [-0.4, -0.2) is 12.5 Å². The zero-order chi connectivity index (χ0) is 8.84. The Morgan fingerprint density at radius 1 is 1.31 bits per heavy atom. The Labute approximate surface area is 76.1 Å². The van der Waals surface area contributed by atoms with E-state index >= 15 is 0 Å². The van der Waals surface area contributed by atoms with Crippen LogP contribution in [0.1, 0.15) is 17.9 Å². The van der Waals surface area contributed by atoms with Crippen LogP contribution in [0.4, 0.5) is 11.4 Å². The number of nitrogens with one attached hydrogen (secondary N) is 2. The van der Waals surface area contributed by atoms with Crippen molar-refractivity contribution in [1.29, 1.82) is 0 Å². The van der Waals surface area contributed by atoms with Crippen LogP contribution in [0.25, 0.3) is 0 Å². The Hall–Kier alpha value is -1.51. The minimum Gasteiger partial charge on any atom is -0.384 e. The largest absolute Gasteiger partial charge is 0.384 e. The van der Waals surface area contributed by atoms with Gasteiger partial charge in [0, 0.05) is 35.8 Å². The zero-order valence-corrected chi connectivity index (χ0v) is 7.13. The smallest absolute Gasteiger partial charge is 0.225 e. The molecule has 1 atom stereocenters. The van der Waals surface area contributed by atoms with E-state index in [4.69, 9.17) is 0 Å². The minimum atomic E-state index is 0.137. The second-order valence-corrected chi connectivity index (χ2v) is 3.60. The second kappa shape index (κ2) is 2.25. The zero-order valence-electron chi connectivity index (χ0n) is 7.13. The quantitative estimate of drug-likeness (QED) is 0.626. The molecular weight excluding hydrogens is 164 g/mol. The van der Waals surface area contributed by atoms with Crippen molar-refractivity contribution >= 4 is 17.3 Å². The molecule has 0 spiro atoms. The molecule has 0 radical (unpaired) electrons. The van der Waals surface area contributed by atoms with Gasteiger partial charge in [-0.1, -0.05) is 6.07 Å². The van der Waals surface area contributed by atoms with Crippen LogP contribution in [0.3, 0.4) is 0 Å². The van der Waals surface area contributed by atoms with Crippen molar-refractivity contribution in [3.8, 4) is 0 Å². The Kier molecular flexibility index (Phi) is 1.20. The number of hydrogen-bond donors (Lipinski definition) is 2. The fourth-order valence-electron chi connectivity index (χ4n) is 2.20. The van der Waals surface area contributed by atoms with Gasteiger partial charge in [0.15, 0.2) is 0 Å². The Balaban J connectivity index is 2.22. The highest BCUT2D eigenvalue weighted by atomic mass is 16.1. The van der Waals surface area contributed by atoms with Gasteiger partial charge >= 0.3 is 0 Å². The third-order valence-electron chi connectivity index (χ3n) is 2.76. The van der Waals surface area contributed by atoms with Gasteiger partial charge in [0.25, 0.3) is 0 Å². The van der Waals surface area contributed by atoms with Gasteiger partial charge in [-0.2, -0.15) is 0 Å². The first-order valence-electron chi connectivity index (χ1n) is 4.51. The molecule has 66 valence electrons. The van der Waals surface area contributed by atoms with Crippen molar-refractivity contribution in [3.05, 3.63) is 23.8 Å². The molecule has 3 nitrogen and oxygen atoms in total. The molecule has 3 rings (SSSR count). The highest BCUT2D eigenvalue weighted by Gasteiger charge is 2.31. The van der Waals surface area contributed by atoms with Crippen molar-refractivity contribution in [2.75, 3.05) is 17.2 Å². The van der Waals surface area contributed by atoms with Gasteiger partial charge in [-0.15, -0.1) is 0 Å². The molecule has 1 amide bonds. The second-order valence-electron chi connectivity index (χ2n) is 3.60. The van der Waals surface area contributed by atoms with Crippen molar-refractivity contribution in [3.63, 3.8) is 0 Å². The highest BCUT2D eigenvalue weighted by molar-refractivity contribution is 5.97. The molecule has 0 saturated carbocycles. The number of hydrogen-bond acceptors (Lipinski definition) is 2. The molecule has 3 heteroatoms. The Morgan fingerprint density at radius 3 is 3.08 bits per heavy atom. The fraction of sp³-hybridized carbons (Fsp3) is 0.300. The van der Waals surface area contributed by atoms with Crippen LogP contribution >= 0.6 is 0 Å². The van der Waals surface area contributed by atoms with Crippen molar-refractivity contribution in [1.82, 2.24) is 0 Å². The van der Waals surface area contributed by atoms with Crippen molar-refractivity contribution in [2.45, 2.75) is 12.3 Å². The molecule has 2 aliphatic rings. The van der Waals surface area contributed by atoms with E-state index in [0.29, 0.717) is 12.3 Å². The molecule has 0 aromatic heterocycles. The first-order chi connectivity index (χ1) is 6.34. The summed E-state index contributed by atoms with van der Waals surface area (Å²) in [6.45, 7) is 0.903. The predicted octanol–water partition coefficient (Wildman–Crippen LogP) is 1.54. The van der Waals surface area contributed by atoms with Crippen LogP contribution < -0.4 is 10.6 Å². The summed E-state index contributed by atoms with van der Waals surface area (Å²) >= 11 is 0. The lowest BCUT2D eigenvalue weighted by Gasteiger charge is -2.20. The molecule has 1 aromatic rings. The fourth-order valence-corrected chi connectivity index (χ4v) is 2.20. The number of benzene rings is 1. The van der Waals surface area contributed by atoms with E-state index in [-0.39, 0.29) is 5.91 Å². The molecule has 0 bridgehead atoms. The van der Waals surface area contributed by atoms with Crippen LogP contribution in [0, 0.1) is 0 Å². The maximum absolute atomic E-state index is 11.3. The number of carbonyl (C=O) groups excluding carboxylic acids is 1. The minimum absolute atomic E-state index is 0.137. The molecule has 2 N–H and O–H groups in total. The van der Waals surface area contributed by atoms with Crippen LogP contribution in [-0.2, 0) is 4.79 Å². The van der Waals surface area contributed by atoms with E-state index in [2.05, 4.69) is 16.7 Å². The average molecular weight is 174 g/mol. The SMILES string of the molecule is O=C1C[C@H]2CNc3cccc(c32)N1. The average Bonchev–Trinajstić information content (AvgIpc) is 2.50. The van der Waals surface area contributed by atoms with Crippen LogP contribution in [0.2, 0.25) is 0 Å². The molecule has 0 unspecified atom stereocenters. The van der Waals surface area contributed by atoms with Gasteiger partial charge in [0.05, 0.1) is 0 Å². The van der Waals surface area contributed by atoms with Crippen LogP contribution in [0.5, 0.6) is 0 Å². The lowest BCUT2D eigenvalue weighted by molar-refractivity contribution is -0.116. The van der Waals surface area contributed by atoms with Gasteiger partial charge in [-0.3, -0.25) is 4.79 Å². The number of rotatable bonds is 0. The van der Waals surface area contributed by atoms with Crippen LogP contribution in [0.15, 0.2) is 18.2 Å². The van der Waals surface area contributed by atoms with E-state index in [1.54, 1.807) is 0 Å². The molecule has 0 saturated heterocycles. The van der Waals surface area contributed by atoms with E-state index < -0.39 is 0 Å². The molecule has 0 aliphatic carbocycles. The summed E-state index contributed by atoms with van der Waals surface area (Å²) < 4.78 is 0. The van der Waals surface area contributed by atoms with E-state index in [1.165, 1.54) is 11.3 Å². The van der Waals surface area contributed by atoms with E-state index in [1.807, 2.05) is 12.1 Å². The highest BCUT2D eigenvalue weighted by Crippen LogP contribution is 2.41. The van der Waals surface area contributed by atoms with E-state index in [9.17, 15) is 4.79 Å². The predicted molar refractivity (Wildman–Crippen MR) is 50.9 cm³/mol. The normalized spacial score (nSPS) is 23.4. The molecule has 1 aromatic carbocycles. The summed E-state index contributed by atoms with van der Waals surface area (Å²) in [5, 5.41) is 6.20. The van der Waals surface area contributed by atoms with Gasteiger partial charge in [-0.05, 0) is 12.1 Å². The maximum Gasteiger partial charge on any atom is 0.225 e. The molecule has 2 heterocycles. The summed E-state index contributed by atoms with van der Waals surface area (Å²) in [6.07, 6.45) is 0.622. The van der Waals surface area contributed by atoms with Crippen molar-refractivity contribution in [2.24, 2.45) is 0 Å². The third kappa shape index (κ3) is 0.869. The van der Waals surface area contributed by atoms with Crippen molar-refractivity contribution < 1.29 is 4.79 Å². The molecule has 0 fully saturated rings. The van der Waals surface area contributed by atoms with Gasteiger partial charge in [0.1, 0.15) is 0 Å². The van der Waals surface area contributed by atoms with E-state index in [0.717, 1.165) is 12.2 Å². The van der Waals surface area contributed by atoms with Gasteiger partial charge < -0.3 is 10.6 Å². The first kappa shape index (κ1) is 6.95. The lowest BCUT2D eigenvalue weighted by atomic mass is 9.92. The number of carbonyl (C=O) groups is 1. The number of anilines is 2. The molecule has 13 heavy (non-hydrogen) atoms. The summed E-state index contributed by atoms with van der Waals surface area (Å²) in [7, 11) is 0. The Morgan fingerprint density at radius 2 is 2.15 bits per heavy atom. The summed E-state index contributed by atoms with van der Waals surface area (Å²) in [5.41, 5.74) is 3.47. The molecular formula is C10H10N2O. The maximum atomic E-state index is 11.3. The summed E-state index contributed by atoms with van der Waals surface area (Å²) in [5.74, 6) is 0.526. The lowest BCUT2D eigenvalue weighted by Crippen LogP contribution is -2.22. The standard InChI is InChI=1S/C10H10N2O/c13-9-4-6-5-11-7-2-1-3-8(12-9)10(6)7/h1-3,6,11H,4-5H2,(H,12,13)/t6-/m0/s1. The van der Waals surface area contributed by atoms with Gasteiger partial charge in [-0.25, -0.2) is 0 Å². The monoisotopic (exact) mass is 174 g/mol. The summed E-state index contributed by atoms with van der Waals surface area (Å²) in [4.78, 5) is 11.3. The third-order valence-corrected chi connectivity index (χ3v) is 2.76. The topological polar surface area (TPSA) is 41.1 Å². The molecule has 2 aliphatic heterocycles. The van der Waals surface area contributed by atoms with Gasteiger partial charge in [0.2, 0.25) is 5.91 Å². The first-order valence-corrected chi connectivity index (χ1v) is 4.51. The summed E-state index contributed by atoms with van der Waals surface area (Å²) in [6, 6.07) is 6.00.